The average Bonchev–Trinajstić information content (AvgIpc) is 3.17. The first-order valence-corrected chi connectivity index (χ1v) is 7.44. The maximum absolute atomic E-state index is 4.23. The topological polar surface area (TPSA) is 33.1 Å². The largest absolute Gasteiger partial charge is 0.311 e. The zero-order valence-corrected chi connectivity index (χ0v) is 11.8. The fourth-order valence-electron chi connectivity index (χ4n) is 2.66. The third-order valence-electron chi connectivity index (χ3n) is 3.84. The van der Waals surface area contributed by atoms with E-state index in [0.29, 0.717) is 0 Å². The number of rotatable bonds is 6. The SMILES string of the molecule is c1cnn(-c2ccc(CNCCN3CCCC3)cc2)c1. The Morgan fingerprint density at radius 3 is 2.60 bits per heavy atom. The van der Waals surface area contributed by atoms with Crippen LogP contribution in [-0.2, 0) is 6.54 Å². The maximum Gasteiger partial charge on any atom is 0.0645 e. The summed E-state index contributed by atoms with van der Waals surface area (Å²) in [7, 11) is 0. The second kappa shape index (κ2) is 6.68. The molecule has 2 heterocycles. The summed E-state index contributed by atoms with van der Waals surface area (Å²) in [5.41, 5.74) is 2.43. The molecule has 2 aromatic rings. The molecule has 1 aromatic heterocycles. The number of aromatic nitrogens is 2. The van der Waals surface area contributed by atoms with Crippen LogP contribution in [0.3, 0.4) is 0 Å². The van der Waals surface area contributed by atoms with Gasteiger partial charge in [0.1, 0.15) is 0 Å². The van der Waals surface area contributed by atoms with Gasteiger partial charge >= 0.3 is 0 Å². The first kappa shape index (κ1) is 13.3. The van der Waals surface area contributed by atoms with Crippen molar-refractivity contribution in [2.75, 3.05) is 26.2 Å². The maximum atomic E-state index is 4.23. The van der Waals surface area contributed by atoms with Gasteiger partial charge in [0, 0.05) is 32.0 Å². The van der Waals surface area contributed by atoms with E-state index in [9.17, 15) is 0 Å². The summed E-state index contributed by atoms with van der Waals surface area (Å²) in [5.74, 6) is 0. The Hall–Kier alpha value is -1.65. The number of nitrogens with one attached hydrogen (secondary N) is 1. The molecule has 4 heteroatoms. The minimum Gasteiger partial charge on any atom is -0.311 e. The molecule has 1 N–H and O–H groups in total. The van der Waals surface area contributed by atoms with Crippen LogP contribution in [0.15, 0.2) is 42.7 Å². The summed E-state index contributed by atoms with van der Waals surface area (Å²) in [4.78, 5) is 2.54. The van der Waals surface area contributed by atoms with Crippen LogP contribution in [0.25, 0.3) is 5.69 Å². The summed E-state index contributed by atoms with van der Waals surface area (Å²) in [5, 5.41) is 7.75. The van der Waals surface area contributed by atoms with Gasteiger partial charge in [0.2, 0.25) is 0 Å². The zero-order chi connectivity index (χ0) is 13.6. The molecule has 106 valence electrons. The van der Waals surface area contributed by atoms with Crippen molar-refractivity contribution in [2.24, 2.45) is 0 Å². The van der Waals surface area contributed by atoms with Gasteiger partial charge in [-0.25, -0.2) is 4.68 Å². The number of hydrogen-bond acceptors (Lipinski definition) is 3. The normalized spacial score (nSPS) is 15.8. The Bertz CT molecular complexity index is 498. The van der Waals surface area contributed by atoms with Crippen molar-refractivity contribution < 1.29 is 0 Å². The minimum absolute atomic E-state index is 0.938. The summed E-state index contributed by atoms with van der Waals surface area (Å²) >= 11 is 0. The van der Waals surface area contributed by atoms with Crippen molar-refractivity contribution >= 4 is 0 Å². The highest BCUT2D eigenvalue weighted by Crippen LogP contribution is 2.09. The van der Waals surface area contributed by atoms with Gasteiger partial charge in [0.25, 0.3) is 0 Å². The lowest BCUT2D eigenvalue weighted by atomic mass is 10.2. The summed E-state index contributed by atoms with van der Waals surface area (Å²) in [6.07, 6.45) is 6.50. The fraction of sp³-hybridized carbons (Fsp3) is 0.438. The van der Waals surface area contributed by atoms with E-state index in [0.717, 1.165) is 18.8 Å². The molecule has 0 amide bonds. The molecule has 1 fully saturated rings. The van der Waals surface area contributed by atoms with Gasteiger partial charge in [-0.3, -0.25) is 0 Å². The van der Waals surface area contributed by atoms with Crippen molar-refractivity contribution in [1.82, 2.24) is 20.0 Å². The van der Waals surface area contributed by atoms with Gasteiger partial charge in [-0.15, -0.1) is 0 Å². The van der Waals surface area contributed by atoms with E-state index in [1.165, 1.54) is 38.0 Å². The molecule has 0 unspecified atom stereocenters. The lowest BCUT2D eigenvalue weighted by molar-refractivity contribution is 0.335. The molecule has 20 heavy (non-hydrogen) atoms. The van der Waals surface area contributed by atoms with Crippen LogP contribution >= 0.6 is 0 Å². The summed E-state index contributed by atoms with van der Waals surface area (Å²) in [6.45, 7) is 5.74. The lowest BCUT2D eigenvalue weighted by Crippen LogP contribution is -2.29. The molecule has 1 aliphatic rings. The van der Waals surface area contributed by atoms with Crippen LogP contribution in [0.2, 0.25) is 0 Å². The molecule has 1 saturated heterocycles. The molecule has 4 nitrogen and oxygen atoms in total. The van der Waals surface area contributed by atoms with Crippen LogP contribution in [0.5, 0.6) is 0 Å². The number of hydrogen-bond donors (Lipinski definition) is 1. The predicted octanol–water partition coefficient (Wildman–Crippen LogP) is 2.06. The fourth-order valence-corrected chi connectivity index (χ4v) is 2.66. The molecule has 3 rings (SSSR count). The first-order chi connectivity index (χ1) is 9.92. The lowest BCUT2D eigenvalue weighted by Gasteiger charge is -2.14. The third-order valence-corrected chi connectivity index (χ3v) is 3.84. The molecular weight excluding hydrogens is 248 g/mol. The summed E-state index contributed by atoms with van der Waals surface area (Å²) < 4.78 is 1.88. The highest BCUT2D eigenvalue weighted by molar-refractivity contribution is 5.33. The second-order valence-electron chi connectivity index (χ2n) is 5.34. The Morgan fingerprint density at radius 1 is 1.10 bits per heavy atom. The van der Waals surface area contributed by atoms with Gasteiger partial charge in [-0.2, -0.15) is 5.10 Å². The third kappa shape index (κ3) is 3.46. The van der Waals surface area contributed by atoms with Crippen molar-refractivity contribution in [3.8, 4) is 5.69 Å². The number of benzene rings is 1. The minimum atomic E-state index is 0.938. The van der Waals surface area contributed by atoms with E-state index in [2.05, 4.69) is 39.6 Å². The average molecular weight is 270 g/mol. The Balaban J connectivity index is 1.43. The Morgan fingerprint density at radius 2 is 1.90 bits per heavy atom. The van der Waals surface area contributed by atoms with E-state index in [-0.39, 0.29) is 0 Å². The quantitative estimate of drug-likeness (QED) is 0.816. The molecule has 0 radical (unpaired) electrons. The molecular formula is C16H22N4. The Labute approximate surface area is 120 Å². The van der Waals surface area contributed by atoms with Gasteiger partial charge in [-0.1, -0.05) is 12.1 Å². The molecule has 0 atom stereocenters. The van der Waals surface area contributed by atoms with Crippen LogP contribution in [-0.4, -0.2) is 40.9 Å². The van der Waals surface area contributed by atoms with Gasteiger partial charge in [0.05, 0.1) is 5.69 Å². The highest BCUT2D eigenvalue weighted by Gasteiger charge is 2.09. The first-order valence-electron chi connectivity index (χ1n) is 7.44. The predicted molar refractivity (Wildman–Crippen MR) is 80.9 cm³/mol. The molecule has 1 aliphatic heterocycles. The number of likely N-dealkylation sites (tertiary alicyclic amines) is 1. The molecule has 0 bridgehead atoms. The molecule has 0 saturated carbocycles. The van der Waals surface area contributed by atoms with E-state index < -0.39 is 0 Å². The standard InChI is InChI=1S/C16H22N4/c1-2-11-19(10-1)13-9-17-14-15-4-6-16(7-5-15)20-12-3-8-18-20/h3-8,12,17H,1-2,9-11,13-14H2. The van der Waals surface area contributed by atoms with Crippen molar-refractivity contribution in [1.29, 1.82) is 0 Å². The monoisotopic (exact) mass is 270 g/mol. The molecule has 0 aliphatic carbocycles. The van der Waals surface area contributed by atoms with E-state index in [1.54, 1.807) is 6.20 Å². The summed E-state index contributed by atoms with van der Waals surface area (Å²) in [6, 6.07) is 10.5. The highest BCUT2D eigenvalue weighted by atomic mass is 15.3. The van der Waals surface area contributed by atoms with Gasteiger partial charge in [0.15, 0.2) is 0 Å². The second-order valence-corrected chi connectivity index (χ2v) is 5.34. The number of nitrogens with zero attached hydrogens (tertiary/aromatic N) is 3. The Kier molecular flexibility index (Phi) is 4.46. The van der Waals surface area contributed by atoms with Crippen LogP contribution in [0.1, 0.15) is 18.4 Å². The van der Waals surface area contributed by atoms with E-state index in [1.807, 2.05) is 16.9 Å². The molecule has 1 aromatic carbocycles. The van der Waals surface area contributed by atoms with Gasteiger partial charge in [-0.05, 0) is 49.7 Å². The van der Waals surface area contributed by atoms with Crippen LogP contribution in [0, 0.1) is 0 Å². The smallest absolute Gasteiger partial charge is 0.0645 e. The van der Waals surface area contributed by atoms with Crippen molar-refractivity contribution in [3.05, 3.63) is 48.3 Å². The van der Waals surface area contributed by atoms with Gasteiger partial charge < -0.3 is 10.2 Å². The zero-order valence-electron chi connectivity index (χ0n) is 11.8. The van der Waals surface area contributed by atoms with E-state index in [4.69, 9.17) is 0 Å². The van der Waals surface area contributed by atoms with Crippen LogP contribution < -0.4 is 5.32 Å². The van der Waals surface area contributed by atoms with Crippen LogP contribution in [0.4, 0.5) is 0 Å². The van der Waals surface area contributed by atoms with Crippen molar-refractivity contribution in [2.45, 2.75) is 19.4 Å². The molecule has 0 spiro atoms. The van der Waals surface area contributed by atoms with E-state index >= 15 is 0 Å². The van der Waals surface area contributed by atoms with Crippen molar-refractivity contribution in [3.63, 3.8) is 0 Å².